The maximum absolute atomic E-state index is 12.5. The highest BCUT2D eigenvalue weighted by Crippen LogP contribution is 2.21. The molecule has 2 heterocycles. The number of sulfonamides is 1. The van der Waals surface area contributed by atoms with E-state index in [1.165, 1.54) is 28.6 Å². The second-order valence-corrected chi connectivity index (χ2v) is 9.08. The Balaban J connectivity index is 1.67. The van der Waals surface area contributed by atoms with Crippen LogP contribution in [0.1, 0.15) is 29.8 Å². The van der Waals surface area contributed by atoms with Crippen LogP contribution in [0, 0.1) is 0 Å². The first-order valence-electron chi connectivity index (χ1n) is 9.31. The molecule has 0 bridgehead atoms. The van der Waals surface area contributed by atoms with Crippen LogP contribution in [0.3, 0.4) is 0 Å². The van der Waals surface area contributed by atoms with E-state index in [-0.39, 0.29) is 10.8 Å². The van der Waals surface area contributed by atoms with Crippen molar-refractivity contribution in [2.75, 3.05) is 13.1 Å². The minimum atomic E-state index is -3.53. The molecule has 8 heteroatoms. The zero-order valence-corrected chi connectivity index (χ0v) is 18.0. The van der Waals surface area contributed by atoms with E-state index in [0.29, 0.717) is 25.2 Å². The highest BCUT2D eigenvalue weighted by Gasteiger charge is 2.21. The van der Waals surface area contributed by atoms with Crippen molar-refractivity contribution in [1.82, 2.24) is 14.6 Å². The van der Waals surface area contributed by atoms with Gasteiger partial charge in [0.1, 0.15) is 0 Å². The monoisotopic (exact) mass is 429 g/mol. The summed E-state index contributed by atoms with van der Waals surface area (Å²) in [6.07, 6.45) is 1.72. The molecule has 0 fully saturated rings. The lowest BCUT2D eigenvalue weighted by molar-refractivity contribution is 0.0951. The Kier molecular flexibility index (Phi) is 6.79. The molecular formula is C21H23N3O3S2. The van der Waals surface area contributed by atoms with Crippen molar-refractivity contribution in [3.63, 3.8) is 0 Å². The van der Waals surface area contributed by atoms with Gasteiger partial charge in [0.05, 0.1) is 10.6 Å². The Morgan fingerprint density at radius 2 is 1.83 bits per heavy atom. The number of rotatable bonds is 8. The van der Waals surface area contributed by atoms with Crippen LogP contribution in [0.2, 0.25) is 0 Å². The summed E-state index contributed by atoms with van der Waals surface area (Å²) in [4.78, 5) is 17.0. The molecule has 0 spiro atoms. The molecule has 1 N–H and O–H groups in total. The summed E-state index contributed by atoms with van der Waals surface area (Å²) in [7, 11) is -3.53. The van der Waals surface area contributed by atoms with E-state index in [1.807, 2.05) is 29.0 Å². The van der Waals surface area contributed by atoms with Gasteiger partial charge in [-0.3, -0.25) is 9.78 Å². The number of thiophene rings is 1. The van der Waals surface area contributed by atoms with E-state index in [9.17, 15) is 13.2 Å². The van der Waals surface area contributed by atoms with Crippen LogP contribution in [0.25, 0.3) is 11.3 Å². The fraction of sp³-hybridized carbons (Fsp3) is 0.238. The van der Waals surface area contributed by atoms with Crippen molar-refractivity contribution in [1.29, 1.82) is 0 Å². The molecule has 0 saturated carbocycles. The van der Waals surface area contributed by atoms with Gasteiger partial charge in [-0.25, -0.2) is 8.42 Å². The molecule has 0 atom stereocenters. The Morgan fingerprint density at radius 1 is 1.10 bits per heavy atom. The average Bonchev–Trinajstić information content (AvgIpc) is 3.28. The summed E-state index contributed by atoms with van der Waals surface area (Å²) >= 11 is 1.61. The van der Waals surface area contributed by atoms with Crippen LogP contribution in [-0.2, 0) is 16.6 Å². The molecule has 3 rings (SSSR count). The summed E-state index contributed by atoms with van der Waals surface area (Å²) in [5.41, 5.74) is 3.27. The Hall–Kier alpha value is -2.55. The van der Waals surface area contributed by atoms with E-state index < -0.39 is 10.0 Å². The van der Waals surface area contributed by atoms with Crippen molar-refractivity contribution >= 4 is 27.3 Å². The minimum absolute atomic E-state index is 0.187. The number of hydrogen-bond donors (Lipinski definition) is 1. The number of aromatic nitrogens is 1. The van der Waals surface area contributed by atoms with Gasteiger partial charge in [-0.05, 0) is 53.4 Å². The lowest BCUT2D eigenvalue weighted by Gasteiger charge is -2.18. The SMILES string of the molecule is CCN(CC)S(=O)(=O)c1ccc(C(=O)NCc2ccnc(-c3ccsc3)c2)cc1. The maximum Gasteiger partial charge on any atom is 0.251 e. The van der Waals surface area contributed by atoms with Gasteiger partial charge in [0.25, 0.3) is 5.91 Å². The van der Waals surface area contributed by atoms with Gasteiger partial charge in [0.2, 0.25) is 10.0 Å². The normalized spacial score (nSPS) is 11.6. The van der Waals surface area contributed by atoms with Crippen LogP contribution >= 0.6 is 11.3 Å². The molecule has 0 saturated heterocycles. The maximum atomic E-state index is 12.5. The Labute approximate surface area is 175 Å². The van der Waals surface area contributed by atoms with Gasteiger partial charge in [0.15, 0.2) is 0 Å². The second kappa shape index (κ2) is 9.30. The average molecular weight is 430 g/mol. The van der Waals surface area contributed by atoms with Gasteiger partial charge in [-0.1, -0.05) is 13.8 Å². The lowest BCUT2D eigenvalue weighted by Crippen LogP contribution is -2.30. The van der Waals surface area contributed by atoms with Gasteiger partial charge in [0, 0.05) is 42.3 Å². The smallest absolute Gasteiger partial charge is 0.251 e. The molecule has 1 aromatic carbocycles. The Morgan fingerprint density at radius 3 is 2.45 bits per heavy atom. The number of nitrogens with one attached hydrogen (secondary N) is 1. The van der Waals surface area contributed by atoms with Crippen LogP contribution < -0.4 is 5.32 Å². The third kappa shape index (κ3) is 4.90. The zero-order chi connectivity index (χ0) is 20.9. The largest absolute Gasteiger partial charge is 0.348 e. The minimum Gasteiger partial charge on any atom is -0.348 e. The van der Waals surface area contributed by atoms with Crippen molar-refractivity contribution in [2.24, 2.45) is 0 Å². The molecule has 0 aliphatic carbocycles. The molecule has 0 aliphatic rings. The molecule has 0 aliphatic heterocycles. The number of benzene rings is 1. The van der Waals surface area contributed by atoms with Crippen LogP contribution in [-0.4, -0.2) is 36.7 Å². The van der Waals surface area contributed by atoms with Gasteiger partial charge < -0.3 is 5.32 Å². The topological polar surface area (TPSA) is 79.4 Å². The van der Waals surface area contributed by atoms with Crippen LogP contribution in [0.15, 0.2) is 64.3 Å². The molecule has 3 aromatic rings. The molecule has 1 amide bonds. The summed E-state index contributed by atoms with van der Waals surface area (Å²) in [6, 6.07) is 11.8. The predicted molar refractivity (Wildman–Crippen MR) is 115 cm³/mol. The number of hydrogen-bond acceptors (Lipinski definition) is 5. The Bertz CT molecular complexity index is 1060. The number of nitrogens with zero attached hydrogens (tertiary/aromatic N) is 2. The first kappa shape index (κ1) is 21.2. The van der Waals surface area contributed by atoms with Crippen molar-refractivity contribution in [3.8, 4) is 11.3 Å². The third-order valence-corrected chi connectivity index (χ3v) is 7.30. The van der Waals surface area contributed by atoms with Crippen molar-refractivity contribution in [3.05, 3.63) is 70.5 Å². The zero-order valence-electron chi connectivity index (χ0n) is 16.3. The van der Waals surface area contributed by atoms with E-state index in [4.69, 9.17) is 0 Å². The van der Waals surface area contributed by atoms with Gasteiger partial charge >= 0.3 is 0 Å². The summed E-state index contributed by atoms with van der Waals surface area (Å²) < 4.78 is 26.5. The third-order valence-electron chi connectivity index (χ3n) is 4.55. The quantitative estimate of drug-likeness (QED) is 0.591. The number of amides is 1. The van der Waals surface area contributed by atoms with Crippen LogP contribution in [0.4, 0.5) is 0 Å². The molecule has 0 radical (unpaired) electrons. The second-order valence-electron chi connectivity index (χ2n) is 6.36. The highest BCUT2D eigenvalue weighted by atomic mass is 32.2. The predicted octanol–water partition coefficient (Wildman–Crippen LogP) is 3.77. The molecule has 152 valence electrons. The van der Waals surface area contributed by atoms with E-state index in [1.54, 1.807) is 31.4 Å². The molecule has 6 nitrogen and oxygen atoms in total. The van der Waals surface area contributed by atoms with E-state index >= 15 is 0 Å². The number of carbonyl (C=O) groups is 1. The first-order chi connectivity index (χ1) is 14.0. The standard InChI is InChI=1S/C21H23N3O3S2/c1-3-24(4-2)29(26,27)19-7-5-17(6-8-19)21(25)23-14-16-9-11-22-20(13-16)18-10-12-28-15-18/h5-13,15H,3-4,14H2,1-2H3,(H,23,25). The van der Waals surface area contributed by atoms with Gasteiger partial charge in [-0.15, -0.1) is 0 Å². The van der Waals surface area contributed by atoms with E-state index in [0.717, 1.165) is 16.8 Å². The number of carbonyl (C=O) groups excluding carboxylic acids is 1. The van der Waals surface area contributed by atoms with Gasteiger partial charge in [-0.2, -0.15) is 15.6 Å². The van der Waals surface area contributed by atoms with Crippen LogP contribution in [0.5, 0.6) is 0 Å². The van der Waals surface area contributed by atoms with Crippen molar-refractivity contribution < 1.29 is 13.2 Å². The summed E-state index contributed by atoms with van der Waals surface area (Å²) in [5, 5.41) is 6.89. The van der Waals surface area contributed by atoms with E-state index in [2.05, 4.69) is 10.3 Å². The summed E-state index contributed by atoms with van der Waals surface area (Å²) in [6.45, 7) is 4.76. The first-order valence-corrected chi connectivity index (χ1v) is 11.7. The molecule has 29 heavy (non-hydrogen) atoms. The van der Waals surface area contributed by atoms with Crippen molar-refractivity contribution in [2.45, 2.75) is 25.3 Å². The number of pyridine rings is 1. The molecule has 0 unspecified atom stereocenters. The fourth-order valence-corrected chi connectivity index (χ4v) is 5.04. The molecule has 2 aromatic heterocycles. The fourth-order valence-electron chi connectivity index (χ4n) is 2.93. The molecular weight excluding hydrogens is 406 g/mol. The highest BCUT2D eigenvalue weighted by molar-refractivity contribution is 7.89. The summed E-state index contributed by atoms with van der Waals surface area (Å²) in [5.74, 6) is -0.259. The lowest BCUT2D eigenvalue weighted by atomic mass is 10.1.